The smallest absolute Gasteiger partial charge is 0.234 e. The Balaban J connectivity index is 1.74. The van der Waals surface area contributed by atoms with Crippen LogP contribution in [-0.4, -0.2) is 41.2 Å². The van der Waals surface area contributed by atoms with E-state index in [1.165, 1.54) is 0 Å². The van der Waals surface area contributed by atoms with Crippen LogP contribution in [-0.2, 0) is 9.47 Å². The van der Waals surface area contributed by atoms with Gasteiger partial charge in [-0.15, -0.1) is 0 Å². The molecule has 17 heavy (non-hydrogen) atoms. The third kappa shape index (κ3) is 2.20. The molecule has 1 aromatic heterocycles. The van der Waals surface area contributed by atoms with Crippen LogP contribution in [0.25, 0.3) is 0 Å². The van der Waals surface area contributed by atoms with Gasteiger partial charge in [0.1, 0.15) is 6.10 Å². The van der Waals surface area contributed by atoms with E-state index < -0.39 is 6.10 Å². The molecule has 2 fully saturated rings. The first-order valence-electron chi connectivity index (χ1n) is 6.05. The summed E-state index contributed by atoms with van der Waals surface area (Å²) >= 11 is 0. The fourth-order valence-corrected chi connectivity index (χ4v) is 2.27. The standard InChI is InChI=1S/C11H16N2O4/c14-8-3-5-15-6-7(8)11-12-10(13-17-11)9-2-1-4-16-9/h7-9,14H,1-6H2. The van der Waals surface area contributed by atoms with Crippen LogP contribution in [0.3, 0.4) is 0 Å². The van der Waals surface area contributed by atoms with Crippen molar-refractivity contribution in [1.29, 1.82) is 0 Å². The van der Waals surface area contributed by atoms with E-state index in [0.717, 1.165) is 19.4 Å². The molecule has 0 radical (unpaired) electrons. The van der Waals surface area contributed by atoms with Crippen molar-refractivity contribution in [2.24, 2.45) is 0 Å². The molecule has 0 spiro atoms. The summed E-state index contributed by atoms with van der Waals surface area (Å²) in [5.41, 5.74) is 0. The average molecular weight is 240 g/mol. The Morgan fingerprint density at radius 3 is 2.94 bits per heavy atom. The molecule has 0 amide bonds. The SMILES string of the molecule is OC1CCOCC1c1nc(C2CCCO2)no1. The summed E-state index contributed by atoms with van der Waals surface area (Å²) in [7, 11) is 0. The minimum absolute atomic E-state index is 0.0471. The molecule has 0 saturated carbocycles. The van der Waals surface area contributed by atoms with Gasteiger partial charge in [0.05, 0.1) is 18.6 Å². The van der Waals surface area contributed by atoms with Gasteiger partial charge in [0, 0.05) is 13.2 Å². The molecule has 1 N–H and O–H groups in total. The molecule has 94 valence electrons. The average Bonchev–Trinajstić information content (AvgIpc) is 3.00. The van der Waals surface area contributed by atoms with E-state index in [9.17, 15) is 5.11 Å². The molecule has 3 atom stereocenters. The second-order valence-corrected chi connectivity index (χ2v) is 4.53. The third-order valence-corrected chi connectivity index (χ3v) is 3.31. The van der Waals surface area contributed by atoms with Crippen LogP contribution < -0.4 is 0 Å². The highest BCUT2D eigenvalue weighted by atomic mass is 16.5. The number of nitrogens with zero attached hydrogens (tertiary/aromatic N) is 2. The molecule has 0 aromatic carbocycles. The normalized spacial score (nSPS) is 34.1. The molecular weight excluding hydrogens is 224 g/mol. The van der Waals surface area contributed by atoms with Crippen molar-refractivity contribution < 1.29 is 19.1 Å². The van der Waals surface area contributed by atoms with Gasteiger partial charge < -0.3 is 19.1 Å². The maximum atomic E-state index is 9.86. The molecule has 6 heteroatoms. The van der Waals surface area contributed by atoms with Crippen LogP contribution in [0.4, 0.5) is 0 Å². The Morgan fingerprint density at radius 2 is 2.18 bits per heavy atom. The molecule has 6 nitrogen and oxygen atoms in total. The van der Waals surface area contributed by atoms with Gasteiger partial charge in [-0.05, 0) is 19.3 Å². The lowest BCUT2D eigenvalue weighted by atomic mass is 9.99. The van der Waals surface area contributed by atoms with E-state index in [-0.39, 0.29) is 12.0 Å². The quantitative estimate of drug-likeness (QED) is 0.823. The van der Waals surface area contributed by atoms with Crippen molar-refractivity contribution in [2.45, 2.75) is 37.4 Å². The number of aromatic nitrogens is 2. The lowest BCUT2D eigenvalue weighted by Crippen LogP contribution is -2.30. The van der Waals surface area contributed by atoms with Gasteiger partial charge in [0.2, 0.25) is 11.7 Å². The van der Waals surface area contributed by atoms with Crippen LogP contribution in [0, 0.1) is 0 Å². The Kier molecular flexibility index (Phi) is 3.09. The topological polar surface area (TPSA) is 77.6 Å². The predicted molar refractivity (Wildman–Crippen MR) is 56.4 cm³/mol. The van der Waals surface area contributed by atoms with Crippen LogP contribution in [0.15, 0.2) is 4.52 Å². The third-order valence-electron chi connectivity index (χ3n) is 3.31. The van der Waals surface area contributed by atoms with Gasteiger partial charge in [0.15, 0.2) is 0 Å². The highest BCUT2D eigenvalue weighted by Gasteiger charge is 2.32. The first-order chi connectivity index (χ1) is 8.34. The molecule has 2 saturated heterocycles. The molecule has 0 aliphatic carbocycles. The summed E-state index contributed by atoms with van der Waals surface area (Å²) in [6.07, 6.45) is 2.07. The lowest BCUT2D eigenvalue weighted by Gasteiger charge is -2.24. The first-order valence-corrected chi connectivity index (χ1v) is 6.05. The highest BCUT2D eigenvalue weighted by molar-refractivity contribution is 5.01. The number of hydrogen-bond donors (Lipinski definition) is 1. The largest absolute Gasteiger partial charge is 0.392 e. The van der Waals surface area contributed by atoms with Gasteiger partial charge >= 0.3 is 0 Å². The van der Waals surface area contributed by atoms with Crippen LogP contribution in [0.5, 0.6) is 0 Å². The first kappa shape index (κ1) is 11.1. The van der Waals surface area contributed by atoms with Crippen molar-refractivity contribution >= 4 is 0 Å². The molecule has 3 unspecified atom stereocenters. The zero-order chi connectivity index (χ0) is 11.7. The fourth-order valence-electron chi connectivity index (χ4n) is 2.27. The van der Waals surface area contributed by atoms with E-state index in [1.807, 2.05) is 0 Å². The Morgan fingerprint density at radius 1 is 1.24 bits per heavy atom. The summed E-state index contributed by atoms with van der Waals surface area (Å²) in [5.74, 6) is 0.851. The zero-order valence-electron chi connectivity index (χ0n) is 9.54. The summed E-state index contributed by atoms with van der Waals surface area (Å²) in [5, 5.41) is 13.8. The molecule has 3 rings (SSSR count). The van der Waals surface area contributed by atoms with Crippen LogP contribution in [0.1, 0.15) is 43.0 Å². The molecule has 3 heterocycles. The molecular formula is C11H16N2O4. The van der Waals surface area contributed by atoms with E-state index in [2.05, 4.69) is 10.1 Å². The van der Waals surface area contributed by atoms with Crippen LogP contribution in [0.2, 0.25) is 0 Å². The maximum Gasteiger partial charge on any atom is 0.234 e. The Labute approximate surface area is 98.9 Å². The van der Waals surface area contributed by atoms with Gasteiger partial charge in [-0.2, -0.15) is 4.98 Å². The fraction of sp³-hybridized carbons (Fsp3) is 0.818. The number of rotatable bonds is 2. The van der Waals surface area contributed by atoms with E-state index in [0.29, 0.717) is 31.3 Å². The van der Waals surface area contributed by atoms with E-state index in [1.54, 1.807) is 0 Å². The van der Waals surface area contributed by atoms with Crippen molar-refractivity contribution in [3.63, 3.8) is 0 Å². The molecule has 0 bridgehead atoms. The monoisotopic (exact) mass is 240 g/mol. The molecule has 1 aromatic rings. The Bertz CT molecular complexity index is 375. The summed E-state index contributed by atoms with van der Waals surface area (Å²) in [6.45, 7) is 1.78. The summed E-state index contributed by atoms with van der Waals surface area (Å²) < 4.78 is 16.0. The van der Waals surface area contributed by atoms with Crippen molar-refractivity contribution in [1.82, 2.24) is 10.1 Å². The second kappa shape index (κ2) is 4.72. The number of hydrogen-bond acceptors (Lipinski definition) is 6. The lowest BCUT2D eigenvalue weighted by molar-refractivity contribution is -0.0149. The maximum absolute atomic E-state index is 9.86. The summed E-state index contributed by atoms with van der Waals surface area (Å²) in [6, 6.07) is 0. The van der Waals surface area contributed by atoms with Gasteiger partial charge in [0.25, 0.3) is 0 Å². The zero-order valence-corrected chi connectivity index (χ0v) is 9.54. The number of ether oxygens (including phenoxy) is 2. The number of aliphatic hydroxyl groups is 1. The van der Waals surface area contributed by atoms with Crippen molar-refractivity contribution in [3.8, 4) is 0 Å². The minimum Gasteiger partial charge on any atom is -0.392 e. The van der Waals surface area contributed by atoms with Crippen LogP contribution >= 0.6 is 0 Å². The predicted octanol–water partition coefficient (Wildman–Crippen LogP) is 0.786. The minimum atomic E-state index is -0.457. The van der Waals surface area contributed by atoms with E-state index in [4.69, 9.17) is 14.0 Å². The molecule has 2 aliphatic rings. The van der Waals surface area contributed by atoms with Crippen molar-refractivity contribution in [2.75, 3.05) is 19.8 Å². The van der Waals surface area contributed by atoms with E-state index >= 15 is 0 Å². The summed E-state index contributed by atoms with van der Waals surface area (Å²) in [4.78, 5) is 4.32. The van der Waals surface area contributed by atoms with Gasteiger partial charge in [-0.25, -0.2) is 0 Å². The Hall–Kier alpha value is -0.980. The second-order valence-electron chi connectivity index (χ2n) is 4.53. The number of aliphatic hydroxyl groups excluding tert-OH is 1. The van der Waals surface area contributed by atoms with Gasteiger partial charge in [-0.1, -0.05) is 5.16 Å². The van der Waals surface area contributed by atoms with Gasteiger partial charge in [-0.3, -0.25) is 0 Å². The van der Waals surface area contributed by atoms with Crippen molar-refractivity contribution in [3.05, 3.63) is 11.7 Å². The highest BCUT2D eigenvalue weighted by Crippen LogP contribution is 2.29. The molecule has 2 aliphatic heterocycles.